The molecule has 0 aliphatic carbocycles. The monoisotopic (exact) mass is 402 g/mol. The molecule has 0 aromatic heterocycles. The highest BCUT2D eigenvalue weighted by molar-refractivity contribution is 7.51. The summed E-state index contributed by atoms with van der Waals surface area (Å²) < 4.78 is 46.0. The van der Waals surface area contributed by atoms with E-state index in [0.717, 1.165) is 0 Å². The highest BCUT2D eigenvalue weighted by Gasteiger charge is 2.46. The SMILES string of the molecule is [B][C@@H]1O[C@H](COP(=O)(NC2C(OC)[C@H]([B])O[C@@H]2CC)OC)C(NC)C1OC. The zero-order chi connectivity index (χ0) is 20.2. The van der Waals surface area contributed by atoms with Crippen LogP contribution in [-0.4, -0.2) is 99.2 Å². The molecule has 152 valence electrons. The standard InChI is InChI=1S/C15H29B2N2O7P/c1-6-8-11(13(22-4)15(17)25-8)19-27(20,23-5)24-7-9-10(18-2)12(21-3)14(16)26-9/h8-15,18H,6-7H2,1-5H3,(H,19,20)/t8-,9-,10?,11?,12?,13?,14-,15-,27?/m1/s1. The highest BCUT2D eigenvalue weighted by Crippen LogP contribution is 2.46. The fourth-order valence-corrected chi connectivity index (χ4v) is 4.92. The van der Waals surface area contributed by atoms with E-state index in [1.807, 2.05) is 6.92 Å². The molecule has 2 aliphatic rings. The lowest BCUT2D eigenvalue weighted by Crippen LogP contribution is -2.46. The van der Waals surface area contributed by atoms with Gasteiger partial charge >= 0.3 is 7.75 Å². The molecule has 2 heterocycles. The third kappa shape index (κ3) is 5.15. The third-order valence-corrected chi connectivity index (χ3v) is 6.64. The summed E-state index contributed by atoms with van der Waals surface area (Å²) in [6, 6.07) is -1.90. The second kappa shape index (κ2) is 10.2. The van der Waals surface area contributed by atoms with Crippen LogP contribution < -0.4 is 10.4 Å². The van der Waals surface area contributed by atoms with Crippen molar-refractivity contribution in [2.45, 2.75) is 61.9 Å². The van der Waals surface area contributed by atoms with Crippen LogP contribution in [-0.2, 0) is 32.6 Å². The molecule has 0 aromatic rings. The molecule has 2 aliphatic heterocycles. The zero-order valence-corrected chi connectivity index (χ0v) is 17.4. The average molecular weight is 402 g/mol. The Balaban J connectivity index is 2.03. The second-order valence-electron chi connectivity index (χ2n) is 6.53. The van der Waals surface area contributed by atoms with Crippen molar-refractivity contribution < 1.29 is 32.6 Å². The van der Waals surface area contributed by atoms with Crippen LogP contribution in [0.1, 0.15) is 13.3 Å². The number of likely N-dealkylation sites (N-methyl/N-ethyl adjacent to an activating group) is 1. The van der Waals surface area contributed by atoms with Gasteiger partial charge < -0.3 is 28.8 Å². The molecule has 5 unspecified atom stereocenters. The maximum absolute atomic E-state index is 13.1. The minimum Gasteiger partial charge on any atom is -0.380 e. The lowest BCUT2D eigenvalue weighted by molar-refractivity contribution is 0.0218. The molecule has 0 aromatic carbocycles. The first-order chi connectivity index (χ1) is 12.8. The largest absolute Gasteiger partial charge is 0.405 e. The van der Waals surface area contributed by atoms with Gasteiger partial charge in [0.15, 0.2) is 0 Å². The number of nitrogens with one attached hydrogen (secondary N) is 2. The molecule has 0 spiro atoms. The number of hydrogen-bond donors (Lipinski definition) is 2. The van der Waals surface area contributed by atoms with Crippen LogP contribution >= 0.6 is 7.75 Å². The second-order valence-corrected chi connectivity index (χ2v) is 8.41. The Bertz CT molecular complexity index is 521. The Morgan fingerprint density at radius 1 is 1.00 bits per heavy atom. The minimum absolute atomic E-state index is 0.00867. The Labute approximate surface area is 163 Å². The summed E-state index contributed by atoms with van der Waals surface area (Å²) in [5.74, 6) is 0. The van der Waals surface area contributed by atoms with Crippen LogP contribution in [0.4, 0.5) is 0 Å². The molecule has 9 atom stereocenters. The molecule has 0 bridgehead atoms. The summed E-state index contributed by atoms with van der Waals surface area (Å²) in [5.41, 5.74) is 0. The van der Waals surface area contributed by atoms with Crippen molar-refractivity contribution >= 4 is 23.4 Å². The number of hydrogen-bond acceptors (Lipinski definition) is 8. The molecule has 4 radical (unpaired) electrons. The first-order valence-corrected chi connectivity index (χ1v) is 10.5. The highest BCUT2D eigenvalue weighted by atomic mass is 31.2. The van der Waals surface area contributed by atoms with E-state index in [2.05, 4.69) is 10.4 Å². The fourth-order valence-electron chi connectivity index (χ4n) is 3.62. The summed E-state index contributed by atoms with van der Waals surface area (Å²) in [4.78, 5) is 0. The van der Waals surface area contributed by atoms with Crippen molar-refractivity contribution in [3.63, 3.8) is 0 Å². The Kier molecular flexibility index (Phi) is 8.80. The van der Waals surface area contributed by atoms with Gasteiger partial charge in [-0.3, -0.25) is 4.52 Å². The molecular formula is C15H29B2N2O7P. The van der Waals surface area contributed by atoms with Crippen LogP contribution in [0.3, 0.4) is 0 Å². The normalized spacial score (nSPS) is 41.7. The number of ether oxygens (including phenoxy) is 4. The summed E-state index contributed by atoms with van der Waals surface area (Å²) >= 11 is 0. The van der Waals surface area contributed by atoms with Crippen molar-refractivity contribution in [1.29, 1.82) is 0 Å². The summed E-state index contributed by atoms with van der Waals surface area (Å²) in [6.07, 6.45) is -0.908. The lowest BCUT2D eigenvalue weighted by atomic mass is 9.92. The molecule has 2 N–H and O–H groups in total. The predicted octanol–water partition coefficient (Wildman–Crippen LogP) is -0.469. The van der Waals surface area contributed by atoms with Gasteiger partial charge in [0, 0.05) is 33.3 Å². The maximum atomic E-state index is 13.1. The maximum Gasteiger partial charge on any atom is 0.405 e. The van der Waals surface area contributed by atoms with Gasteiger partial charge in [-0.1, -0.05) is 6.92 Å². The molecule has 2 fully saturated rings. The third-order valence-electron chi connectivity index (χ3n) is 5.06. The van der Waals surface area contributed by atoms with Gasteiger partial charge in [-0.2, -0.15) is 0 Å². The smallest absolute Gasteiger partial charge is 0.380 e. The first kappa shape index (κ1) is 23.3. The van der Waals surface area contributed by atoms with Crippen molar-refractivity contribution in [1.82, 2.24) is 10.4 Å². The molecule has 9 nitrogen and oxygen atoms in total. The van der Waals surface area contributed by atoms with E-state index in [1.165, 1.54) is 14.2 Å². The Morgan fingerprint density at radius 2 is 1.56 bits per heavy atom. The quantitative estimate of drug-likeness (QED) is 0.372. The zero-order valence-electron chi connectivity index (χ0n) is 16.5. The molecule has 0 amide bonds. The molecule has 12 heteroatoms. The fraction of sp³-hybridized carbons (Fsp3) is 1.00. The van der Waals surface area contributed by atoms with Crippen molar-refractivity contribution in [3.05, 3.63) is 0 Å². The predicted molar refractivity (Wildman–Crippen MR) is 101 cm³/mol. The summed E-state index contributed by atoms with van der Waals surface area (Å²) in [6.45, 7) is 1.93. The molecule has 2 rings (SSSR count). The van der Waals surface area contributed by atoms with E-state index in [1.54, 1.807) is 14.2 Å². The molecule has 0 saturated carbocycles. The average Bonchev–Trinajstić information content (AvgIpc) is 3.14. The molecular weight excluding hydrogens is 373 g/mol. The Morgan fingerprint density at radius 3 is 2.04 bits per heavy atom. The molecule has 27 heavy (non-hydrogen) atoms. The minimum atomic E-state index is -3.67. The van der Waals surface area contributed by atoms with E-state index < -0.39 is 38.0 Å². The van der Waals surface area contributed by atoms with E-state index >= 15 is 0 Å². The van der Waals surface area contributed by atoms with Crippen LogP contribution in [0.15, 0.2) is 0 Å². The van der Waals surface area contributed by atoms with Gasteiger partial charge in [0.25, 0.3) is 0 Å². The van der Waals surface area contributed by atoms with Crippen LogP contribution in [0.2, 0.25) is 0 Å². The van der Waals surface area contributed by atoms with E-state index in [4.69, 9.17) is 43.7 Å². The van der Waals surface area contributed by atoms with Crippen molar-refractivity contribution in [2.24, 2.45) is 0 Å². The van der Waals surface area contributed by atoms with Crippen LogP contribution in [0.25, 0.3) is 0 Å². The van der Waals surface area contributed by atoms with E-state index in [9.17, 15) is 4.57 Å². The Hall–Kier alpha value is 0.0399. The van der Waals surface area contributed by atoms with Gasteiger partial charge in [0.1, 0.15) is 15.7 Å². The van der Waals surface area contributed by atoms with Crippen LogP contribution in [0.5, 0.6) is 0 Å². The summed E-state index contributed by atoms with van der Waals surface area (Å²) in [7, 11) is 14.4. The number of rotatable bonds is 10. The lowest BCUT2D eigenvalue weighted by Gasteiger charge is -2.28. The van der Waals surface area contributed by atoms with Gasteiger partial charge in [0.05, 0.1) is 43.1 Å². The summed E-state index contributed by atoms with van der Waals surface area (Å²) in [5, 5.41) is 6.00. The van der Waals surface area contributed by atoms with Crippen molar-refractivity contribution in [2.75, 3.05) is 35.0 Å². The van der Waals surface area contributed by atoms with Crippen molar-refractivity contribution in [3.8, 4) is 0 Å². The topological polar surface area (TPSA) is 96.5 Å². The number of methoxy groups -OCH3 is 2. The van der Waals surface area contributed by atoms with Gasteiger partial charge in [-0.25, -0.2) is 9.65 Å². The molecule has 2 saturated heterocycles. The van der Waals surface area contributed by atoms with Crippen LogP contribution in [0, 0.1) is 0 Å². The van der Waals surface area contributed by atoms with Gasteiger partial charge in [0.2, 0.25) is 0 Å². The first-order valence-electron chi connectivity index (χ1n) is 8.97. The van der Waals surface area contributed by atoms with E-state index in [-0.39, 0.29) is 24.9 Å². The van der Waals surface area contributed by atoms with E-state index in [0.29, 0.717) is 6.42 Å². The van der Waals surface area contributed by atoms with Gasteiger partial charge in [-0.15, -0.1) is 0 Å². The van der Waals surface area contributed by atoms with Gasteiger partial charge in [-0.05, 0) is 13.5 Å².